The first-order valence-corrected chi connectivity index (χ1v) is 15.3. The maximum absolute atomic E-state index is 14.7. The van der Waals surface area contributed by atoms with Crippen LogP contribution in [0, 0.1) is 22.9 Å². The summed E-state index contributed by atoms with van der Waals surface area (Å²) in [6.07, 6.45) is 6.74. The highest BCUT2D eigenvalue weighted by Crippen LogP contribution is 2.47. The van der Waals surface area contributed by atoms with Gasteiger partial charge in [0.25, 0.3) is 0 Å². The fourth-order valence-corrected chi connectivity index (χ4v) is 5.05. The fourth-order valence-electron chi connectivity index (χ4n) is 5.05. The SMILES string of the molecule is Nc1ccc(Oc2ncnc3[nH]ccc23)c(F)c1.O=C(Nc1ccc(F)cc1)C1(C(=O)Nc2ccc(Oc3ncnc4[nH]ccc34)c(F)c2)CC1. The minimum atomic E-state index is -1.25. The van der Waals surface area contributed by atoms with Crippen molar-refractivity contribution >= 4 is 50.9 Å². The van der Waals surface area contributed by atoms with Gasteiger partial charge < -0.3 is 35.8 Å². The number of hydrogen-bond donors (Lipinski definition) is 5. The van der Waals surface area contributed by atoms with E-state index in [0.29, 0.717) is 52.2 Å². The van der Waals surface area contributed by atoms with Crippen LogP contribution in [0.1, 0.15) is 12.8 Å². The van der Waals surface area contributed by atoms with E-state index in [-0.39, 0.29) is 23.1 Å². The van der Waals surface area contributed by atoms with Crippen molar-refractivity contribution in [3.8, 4) is 23.3 Å². The van der Waals surface area contributed by atoms with Gasteiger partial charge in [-0.15, -0.1) is 0 Å². The van der Waals surface area contributed by atoms with Crippen LogP contribution in [0.2, 0.25) is 0 Å². The molecular formula is C35H26F3N9O4. The molecule has 1 aliphatic carbocycles. The third kappa shape index (κ3) is 6.96. The average molecular weight is 694 g/mol. The largest absolute Gasteiger partial charge is 0.435 e. The topological polar surface area (TPSA) is 186 Å². The number of aromatic amines is 2. The van der Waals surface area contributed by atoms with Gasteiger partial charge in [-0.3, -0.25) is 9.59 Å². The Morgan fingerprint density at radius 1 is 0.667 bits per heavy atom. The van der Waals surface area contributed by atoms with Gasteiger partial charge in [-0.1, -0.05) is 0 Å². The van der Waals surface area contributed by atoms with Crippen molar-refractivity contribution in [1.82, 2.24) is 29.9 Å². The third-order valence-corrected chi connectivity index (χ3v) is 7.92. The summed E-state index contributed by atoms with van der Waals surface area (Å²) in [7, 11) is 0. The van der Waals surface area contributed by atoms with Crippen LogP contribution in [-0.4, -0.2) is 41.7 Å². The fraction of sp³-hybridized carbons (Fsp3) is 0.0857. The number of ether oxygens (including phenoxy) is 2. The Morgan fingerprint density at radius 3 is 1.71 bits per heavy atom. The summed E-state index contributed by atoms with van der Waals surface area (Å²) in [5, 5.41) is 6.50. The first kappa shape index (κ1) is 32.6. The van der Waals surface area contributed by atoms with Crippen LogP contribution >= 0.6 is 0 Å². The molecule has 0 atom stereocenters. The Kier molecular flexibility index (Phi) is 8.62. The molecule has 0 aliphatic heterocycles. The van der Waals surface area contributed by atoms with Crippen molar-refractivity contribution in [2.75, 3.05) is 16.4 Å². The van der Waals surface area contributed by atoms with Gasteiger partial charge in [0.1, 0.15) is 35.2 Å². The van der Waals surface area contributed by atoms with Crippen LogP contribution in [-0.2, 0) is 9.59 Å². The lowest BCUT2D eigenvalue weighted by Gasteiger charge is -2.16. The molecule has 51 heavy (non-hydrogen) atoms. The molecule has 1 fully saturated rings. The zero-order valence-corrected chi connectivity index (χ0v) is 26.3. The molecule has 0 spiro atoms. The molecule has 13 nitrogen and oxygen atoms in total. The number of benzene rings is 3. The second-order valence-electron chi connectivity index (χ2n) is 11.4. The Balaban J connectivity index is 0.000000190. The number of nitrogens with two attached hydrogens (primary N) is 1. The molecule has 0 radical (unpaired) electrons. The first-order chi connectivity index (χ1) is 24.7. The van der Waals surface area contributed by atoms with E-state index >= 15 is 0 Å². The number of carbonyl (C=O) groups excluding carboxylic acids is 2. The summed E-state index contributed by atoms with van der Waals surface area (Å²) in [4.78, 5) is 47.4. The van der Waals surface area contributed by atoms with Gasteiger partial charge in [0, 0.05) is 41.6 Å². The Bertz CT molecular complexity index is 2390. The van der Waals surface area contributed by atoms with Crippen molar-refractivity contribution in [2.24, 2.45) is 5.41 Å². The standard InChI is InChI=1S/C23H17F2N5O3.C12H9FN4O/c24-13-1-3-14(4-2-13)29-21(31)23(8-9-23)22(32)30-15-5-6-18(17(25)11-15)33-20-16-7-10-26-19(16)27-12-28-20;13-9-5-7(14)1-2-10(9)18-12-8-3-4-15-11(8)16-6-17-12/h1-7,10-12H,8-9H2,(H,29,31)(H,30,32)(H,26,27,28);1-6H,14H2,(H,15,16,17). The van der Waals surface area contributed by atoms with E-state index in [1.165, 1.54) is 61.2 Å². The quantitative estimate of drug-likeness (QED) is 0.0838. The van der Waals surface area contributed by atoms with Crippen LogP contribution in [0.15, 0.2) is 97.8 Å². The molecule has 0 saturated heterocycles. The lowest BCUT2D eigenvalue weighted by molar-refractivity contribution is -0.131. The molecule has 0 unspecified atom stereocenters. The molecule has 2 amide bonds. The Hall–Kier alpha value is -6.97. The molecule has 4 heterocycles. The van der Waals surface area contributed by atoms with Crippen LogP contribution in [0.25, 0.3) is 22.1 Å². The number of fused-ring (bicyclic) bond motifs is 2. The molecule has 0 bridgehead atoms. The van der Waals surface area contributed by atoms with E-state index in [0.717, 1.165) is 6.07 Å². The molecular weight excluding hydrogens is 667 g/mol. The number of nitrogen functional groups attached to an aromatic ring is 1. The number of rotatable bonds is 8. The molecule has 4 aromatic heterocycles. The maximum Gasteiger partial charge on any atom is 0.240 e. The summed E-state index contributed by atoms with van der Waals surface area (Å²) in [5.74, 6) is -2.23. The number of carbonyl (C=O) groups is 2. The third-order valence-electron chi connectivity index (χ3n) is 7.92. The normalized spacial score (nSPS) is 12.8. The van der Waals surface area contributed by atoms with Crippen LogP contribution in [0.5, 0.6) is 23.3 Å². The number of nitrogens with zero attached hydrogens (tertiary/aromatic N) is 4. The number of hydrogen-bond acceptors (Lipinski definition) is 9. The lowest BCUT2D eigenvalue weighted by atomic mass is 10.0. The zero-order chi connectivity index (χ0) is 35.5. The van der Waals surface area contributed by atoms with E-state index in [4.69, 9.17) is 15.2 Å². The van der Waals surface area contributed by atoms with Crippen molar-refractivity contribution in [2.45, 2.75) is 12.8 Å². The second kappa shape index (κ2) is 13.5. The van der Waals surface area contributed by atoms with Crippen molar-refractivity contribution in [3.05, 3.63) is 115 Å². The van der Waals surface area contributed by atoms with Crippen LogP contribution in [0.3, 0.4) is 0 Å². The van der Waals surface area contributed by atoms with Gasteiger partial charge in [-0.25, -0.2) is 33.1 Å². The molecule has 1 saturated carbocycles. The predicted molar refractivity (Wildman–Crippen MR) is 180 cm³/mol. The highest BCUT2D eigenvalue weighted by molar-refractivity contribution is 6.16. The van der Waals surface area contributed by atoms with E-state index < -0.39 is 34.7 Å². The van der Waals surface area contributed by atoms with E-state index in [9.17, 15) is 22.8 Å². The van der Waals surface area contributed by atoms with Gasteiger partial charge in [-0.05, 0) is 73.5 Å². The van der Waals surface area contributed by atoms with Crippen molar-refractivity contribution < 1.29 is 32.2 Å². The summed E-state index contributed by atoms with van der Waals surface area (Å²) >= 11 is 0. The number of amides is 2. The van der Waals surface area contributed by atoms with Gasteiger partial charge in [0.15, 0.2) is 23.1 Å². The lowest BCUT2D eigenvalue weighted by Crippen LogP contribution is -2.35. The van der Waals surface area contributed by atoms with Gasteiger partial charge in [-0.2, -0.15) is 0 Å². The summed E-state index contributed by atoms with van der Waals surface area (Å²) in [6, 6.07) is 16.9. The van der Waals surface area contributed by atoms with Gasteiger partial charge in [0.05, 0.1) is 10.8 Å². The van der Waals surface area contributed by atoms with E-state index in [1.54, 1.807) is 30.6 Å². The highest BCUT2D eigenvalue weighted by Gasteiger charge is 2.56. The summed E-state index contributed by atoms with van der Waals surface area (Å²) in [6.45, 7) is 0. The van der Waals surface area contributed by atoms with E-state index in [1.807, 2.05) is 0 Å². The van der Waals surface area contributed by atoms with Crippen LogP contribution < -0.4 is 25.8 Å². The zero-order valence-electron chi connectivity index (χ0n) is 26.3. The molecule has 7 aromatic rings. The first-order valence-electron chi connectivity index (χ1n) is 15.3. The smallest absolute Gasteiger partial charge is 0.240 e. The minimum absolute atomic E-state index is 0.0744. The number of nitrogens with one attached hydrogen (secondary N) is 4. The summed E-state index contributed by atoms with van der Waals surface area (Å²) in [5.41, 5.74) is 6.31. The van der Waals surface area contributed by atoms with Crippen LogP contribution in [0.4, 0.5) is 30.2 Å². The summed E-state index contributed by atoms with van der Waals surface area (Å²) < 4.78 is 52.3. The Morgan fingerprint density at radius 2 is 1.18 bits per heavy atom. The molecule has 8 rings (SSSR count). The van der Waals surface area contributed by atoms with Crippen molar-refractivity contribution in [3.63, 3.8) is 0 Å². The molecule has 1 aliphatic rings. The maximum atomic E-state index is 14.7. The number of H-pyrrole nitrogens is 2. The second-order valence-corrected chi connectivity index (χ2v) is 11.4. The molecule has 16 heteroatoms. The number of halogens is 3. The molecule has 6 N–H and O–H groups in total. The number of anilines is 3. The number of aromatic nitrogens is 6. The molecule has 3 aromatic carbocycles. The van der Waals surface area contributed by atoms with Gasteiger partial charge in [0.2, 0.25) is 23.6 Å². The van der Waals surface area contributed by atoms with Crippen molar-refractivity contribution in [1.29, 1.82) is 0 Å². The Labute approximate surface area is 286 Å². The minimum Gasteiger partial charge on any atom is -0.435 e. The predicted octanol–water partition coefficient (Wildman–Crippen LogP) is 6.86. The monoisotopic (exact) mass is 693 g/mol. The highest BCUT2D eigenvalue weighted by atomic mass is 19.1. The molecule has 256 valence electrons. The van der Waals surface area contributed by atoms with Gasteiger partial charge >= 0.3 is 0 Å². The average Bonchev–Trinajstić information content (AvgIpc) is 3.53. The van der Waals surface area contributed by atoms with E-state index in [2.05, 4.69) is 40.5 Å².